The van der Waals surface area contributed by atoms with E-state index in [2.05, 4.69) is 20.9 Å². The maximum atomic E-state index is 12.9. The van der Waals surface area contributed by atoms with E-state index in [0.29, 0.717) is 12.2 Å². The van der Waals surface area contributed by atoms with E-state index in [1.54, 1.807) is 6.26 Å². The summed E-state index contributed by atoms with van der Waals surface area (Å²) < 4.78 is 0. The van der Waals surface area contributed by atoms with Crippen molar-refractivity contribution in [1.82, 2.24) is 16.0 Å². The maximum absolute atomic E-state index is 12.9. The predicted octanol–water partition coefficient (Wildman–Crippen LogP) is -1.82. The molecule has 15 heteroatoms. The monoisotopic (exact) mass is 533 g/mol. The second kappa shape index (κ2) is 17.4. The van der Waals surface area contributed by atoms with E-state index in [4.69, 9.17) is 17.2 Å². The van der Waals surface area contributed by atoms with Gasteiger partial charge in [0.15, 0.2) is 5.96 Å². The number of carboxylic acids is 2. The van der Waals surface area contributed by atoms with Crippen LogP contribution in [0.2, 0.25) is 0 Å². The van der Waals surface area contributed by atoms with Gasteiger partial charge in [0.2, 0.25) is 17.7 Å². The fourth-order valence-electron chi connectivity index (χ4n) is 3.09. The lowest BCUT2D eigenvalue weighted by molar-refractivity contribution is -0.143. The molecule has 0 spiro atoms. The largest absolute Gasteiger partial charge is 0.481 e. The zero-order valence-corrected chi connectivity index (χ0v) is 21.7. The number of thioether (sulfide) groups is 1. The minimum atomic E-state index is -1.51. The van der Waals surface area contributed by atoms with E-state index in [1.807, 2.05) is 13.8 Å². The Morgan fingerprint density at radius 1 is 0.889 bits per heavy atom. The van der Waals surface area contributed by atoms with Crippen LogP contribution in [0.25, 0.3) is 0 Å². The van der Waals surface area contributed by atoms with Gasteiger partial charge in [-0.3, -0.25) is 24.2 Å². The fourth-order valence-corrected chi connectivity index (χ4v) is 3.56. The number of aliphatic carboxylic acids is 2. The molecule has 0 aromatic rings. The van der Waals surface area contributed by atoms with Crippen LogP contribution < -0.4 is 33.2 Å². The van der Waals surface area contributed by atoms with Crippen LogP contribution in [-0.4, -0.2) is 88.6 Å². The van der Waals surface area contributed by atoms with Crippen molar-refractivity contribution in [3.8, 4) is 0 Å². The Morgan fingerprint density at radius 2 is 1.44 bits per heavy atom. The third-order valence-corrected chi connectivity index (χ3v) is 5.52. The van der Waals surface area contributed by atoms with Gasteiger partial charge in [-0.15, -0.1) is 0 Å². The Bertz CT molecular complexity index is 791. The van der Waals surface area contributed by atoms with Crippen molar-refractivity contribution in [2.75, 3.05) is 18.6 Å². The van der Waals surface area contributed by atoms with Gasteiger partial charge in [0.1, 0.15) is 18.1 Å². The third-order valence-electron chi connectivity index (χ3n) is 4.88. The van der Waals surface area contributed by atoms with Gasteiger partial charge in [-0.05, 0) is 43.6 Å². The Hall–Kier alpha value is -3.07. The molecule has 0 radical (unpaired) electrons. The molecule has 4 atom stereocenters. The number of amides is 3. The van der Waals surface area contributed by atoms with Crippen molar-refractivity contribution in [2.24, 2.45) is 28.1 Å². The lowest BCUT2D eigenvalue weighted by Crippen LogP contribution is -2.57. The molecule has 0 saturated heterocycles. The summed E-state index contributed by atoms with van der Waals surface area (Å²) in [5, 5.41) is 25.8. The van der Waals surface area contributed by atoms with Crippen LogP contribution in [0.4, 0.5) is 0 Å². The molecule has 3 amide bonds. The van der Waals surface area contributed by atoms with E-state index in [1.165, 1.54) is 11.8 Å². The number of rotatable bonds is 18. The minimum absolute atomic E-state index is 0.0177. The summed E-state index contributed by atoms with van der Waals surface area (Å²) in [7, 11) is 0. The summed E-state index contributed by atoms with van der Waals surface area (Å²) in [4.78, 5) is 64.8. The standard InChI is InChI=1S/C21H39N7O7S/c1-11(2)9-12(22)17(31)28-15(10-16(29)30)19(33)26-13(5-4-7-25-21(23)24)18(32)27-14(20(34)35)6-8-36-3/h11-15H,4-10,22H2,1-3H3,(H,26,33)(H,27,32)(H,28,31)(H,29,30)(H,34,35)(H4,23,24,25). The Labute approximate surface area is 214 Å². The summed E-state index contributed by atoms with van der Waals surface area (Å²) in [6.45, 7) is 3.84. The van der Waals surface area contributed by atoms with Crippen LogP contribution in [0.5, 0.6) is 0 Å². The summed E-state index contributed by atoms with van der Waals surface area (Å²) in [6, 6.07) is -4.89. The molecule has 0 fully saturated rings. The molecular weight excluding hydrogens is 494 g/mol. The van der Waals surface area contributed by atoms with Crippen LogP contribution in [0.3, 0.4) is 0 Å². The molecule has 206 valence electrons. The SMILES string of the molecule is CSCCC(NC(=O)C(CCCN=C(N)N)NC(=O)C(CC(=O)O)NC(=O)C(N)CC(C)C)C(=O)O. The Kier molecular flexibility index (Phi) is 15.9. The number of carboxylic acid groups (broad SMARTS) is 2. The van der Waals surface area contributed by atoms with E-state index in [0.717, 1.165) is 0 Å². The van der Waals surface area contributed by atoms with E-state index >= 15 is 0 Å². The van der Waals surface area contributed by atoms with Crippen LogP contribution in [0, 0.1) is 5.92 Å². The van der Waals surface area contributed by atoms with Crippen molar-refractivity contribution in [2.45, 2.75) is 70.1 Å². The van der Waals surface area contributed by atoms with Gasteiger partial charge in [0, 0.05) is 6.54 Å². The number of guanidine groups is 1. The Balaban J connectivity index is 5.62. The lowest BCUT2D eigenvalue weighted by atomic mass is 10.0. The molecule has 0 rings (SSSR count). The van der Waals surface area contributed by atoms with E-state index in [9.17, 15) is 34.2 Å². The topological polar surface area (TPSA) is 252 Å². The average Bonchev–Trinajstić information content (AvgIpc) is 2.76. The van der Waals surface area contributed by atoms with Gasteiger partial charge < -0.3 is 43.4 Å². The third kappa shape index (κ3) is 14.4. The molecule has 14 nitrogen and oxygen atoms in total. The number of nitrogens with zero attached hydrogens (tertiary/aromatic N) is 1. The highest BCUT2D eigenvalue weighted by Crippen LogP contribution is 2.07. The number of nitrogens with two attached hydrogens (primary N) is 3. The fraction of sp³-hybridized carbons (Fsp3) is 0.714. The lowest BCUT2D eigenvalue weighted by Gasteiger charge is -2.25. The van der Waals surface area contributed by atoms with Gasteiger partial charge in [0.05, 0.1) is 12.5 Å². The van der Waals surface area contributed by atoms with Crippen LogP contribution >= 0.6 is 11.8 Å². The molecule has 4 unspecified atom stereocenters. The summed E-state index contributed by atoms with van der Waals surface area (Å²) in [5.41, 5.74) is 16.4. The predicted molar refractivity (Wildman–Crippen MR) is 136 cm³/mol. The smallest absolute Gasteiger partial charge is 0.326 e. The molecule has 0 aliphatic rings. The van der Waals surface area contributed by atoms with Gasteiger partial charge in [-0.25, -0.2) is 4.79 Å². The highest BCUT2D eigenvalue weighted by Gasteiger charge is 2.31. The summed E-state index contributed by atoms with van der Waals surface area (Å²) >= 11 is 1.41. The van der Waals surface area contributed by atoms with E-state index < -0.39 is 60.2 Å². The first-order chi connectivity index (χ1) is 16.8. The van der Waals surface area contributed by atoms with Crippen molar-refractivity contribution < 1.29 is 34.2 Å². The molecule has 0 bridgehead atoms. The molecule has 0 aliphatic heterocycles. The van der Waals surface area contributed by atoms with Crippen molar-refractivity contribution in [1.29, 1.82) is 0 Å². The number of carbonyl (C=O) groups excluding carboxylic acids is 3. The highest BCUT2D eigenvalue weighted by atomic mass is 32.2. The van der Waals surface area contributed by atoms with Crippen molar-refractivity contribution in [3.05, 3.63) is 0 Å². The van der Waals surface area contributed by atoms with Crippen molar-refractivity contribution >= 4 is 47.4 Å². The second-order valence-corrected chi connectivity index (χ2v) is 9.57. The van der Waals surface area contributed by atoms with Crippen LogP contribution in [0.15, 0.2) is 4.99 Å². The number of nitrogens with one attached hydrogen (secondary N) is 3. The van der Waals surface area contributed by atoms with Crippen LogP contribution in [-0.2, 0) is 24.0 Å². The first kappa shape index (κ1) is 32.9. The first-order valence-corrected chi connectivity index (χ1v) is 12.8. The summed E-state index contributed by atoms with van der Waals surface area (Å²) in [5.74, 6) is -4.61. The number of carbonyl (C=O) groups is 5. The first-order valence-electron chi connectivity index (χ1n) is 11.4. The van der Waals surface area contributed by atoms with Gasteiger partial charge in [-0.1, -0.05) is 13.8 Å². The molecule has 0 saturated carbocycles. The Morgan fingerprint density at radius 3 is 1.94 bits per heavy atom. The molecule has 11 N–H and O–H groups in total. The minimum Gasteiger partial charge on any atom is -0.481 e. The molecular formula is C21H39N7O7S. The normalized spacial score (nSPS) is 14.1. The molecule has 36 heavy (non-hydrogen) atoms. The molecule has 0 aliphatic carbocycles. The zero-order chi connectivity index (χ0) is 27.8. The maximum Gasteiger partial charge on any atom is 0.326 e. The van der Waals surface area contributed by atoms with E-state index in [-0.39, 0.29) is 37.7 Å². The number of aliphatic imine (C=N–C) groups is 1. The molecule has 0 aromatic heterocycles. The highest BCUT2D eigenvalue weighted by molar-refractivity contribution is 7.98. The van der Waals surface area contributed by atoms with Gasteiger partial charge in [0.25, 0.3) is 0 Å². The summed E-state index contributed by atoms with van der Waals surface area (Å²) in [6.07, 6.45) is 1.77. The average molecular weight is 534 g/mol. The zero-order valence-electron chi connectivity index (χ0n) is 20.9. The number of hydrogen-bond acceptors (Lipinski definition) is 8. The second-order valence-electron chi connectivity index (χ2n) is 8.59. The van der Waals surface area contributed by atoms with Crippen molar-refractivity contribution in [3.63, 3.8) is 0 Å². The molecule has 0 aromatic carbocycles. The van der Waals surface area contributed by atoms with Crippen LogP contribution in [0.1, 0.15) is 46.0 Å². The molecule has 0 heterocycles. The quantitative estimate of drug-likeness (QED) is 0.0553. The van der Waals surface area contributed by atoms with Gasteiger partial charge >= 0.3 is 11.9 Å². The van der Waals surface area contributed by atoms with Gasteiger partial charge in [-0.2, -0.15) is 11.8 Å². The number of hydrogen-bond donors (Lipinski definition) is 8.